The minimum atomic E-state index is 0.759. The molecule has 0 amide bonds. The second kappa shape index (κ2) is 7.41. The topological polar surface area (TPSA) is 12.0 Å². The van der Waals surface area contributed by atoms with Crippen molar-refractivity contribution in [3.05, 3.63) is 0 Å². The molecule has 2 rings (SSSR count). The van der Waals surface area contributed by atoms with E-state index in [0.29, 0.717) is 0 Å². The summed E-state index contributed by atoms with van der Waals surface area (Å²) in [7, 11) is 0. The van der Waals surface area contributed by atoms with E-state index in [-0.39, 0.29) is 0 Å². The summed E-state index contributed by atoms with van der Waals surface area (Å²) in [6, 6.07) is 0.759. The number of hydrogen-bond acceptors (Lipinski definition) is 1. The van der Waals surface area contributed by atoms with Crippen LogP contribution in [0, 0.1) is 11.8 Å². The second-order valence-electron chi connectivity index (χ2n) is 6.45. The molecule has 2 saturated carbocycles. The van der Waals surface area contributed by atoms with Crippen LogP contribution in [0.25, 0.3) is 0 Å². The van der Waals surface area contributed by atoms with E-state index in [4.69, 9.17) is 0 Å². The van der Waals surface area contributed by atoms with Crippen molar-refractivity contribution in [1.82, 2.24) is 5.32 Å². The molecule has 0 aromatic rings. The molecule has 1 N–H and O–H groups in total. The molecule has 2 fully saturated rings. The van der Waals surface area contributed by atoms with Gasteiger partial charge in [0.15, 0.2) is 0 Å². The Hall–Kier alpha value is -0.0400. The van der Waals surface area contributed by atoms with Gasteiger partial charge < -0.3 is 5.32 Å². The van der Waals surface area contributed by atoms with Crippen molar-refractivity contribution in [1.29, 1.82) is 0 Å². The second-order valence-corrected chi connectivity index (χ2v) is 6.45. The van der Waals surface area contributed by atoms with Crippen LogP contribution in [0.2, 0.25) is 0 Å². The Morgan fingerprint density at radius 1 is 0.824 bits per heavy atom. The predicted octanol–water partition coefficient (Wildman–Crippen LogP) is 4.52. The zero-order chi connectivity index (χ0) is 11.9. The highest BCUT2D eigenvalue weighted by atomic mass is 14.9. The van der Waals surface area contributed by atoms with Crippen molar-refractivity contribution < 1.29 is 0 Å². The highest BCUT2D eigenvalue weighted by Gasteiger charge is 2.20. The van der Waals surface area contributed by atoms with Crippen molar-refractivity contribution in [3.8, 4) is 0 Å². The Morgan fingerprint density at radius 2 is 1.35 bits per heavy atom. The lowest BCUT2D eigenvalue weighted by atomic mass is 9.88. The summed E-state index contributed by atoms with van der Waals surface area (Å²) in [6.07, 6.45) is 16.2. The van der Waals surface area contributed by atoms with Crippen LogP contribution in [0.4, 0.5) is 0 Å². The monoisotopic (exact) mass is 237 g/mol. The average Bonchev–Trinajstić information content (AvgIpc) is 2.66. The van der Waals surface area contributed by atoms with E-state index >= 15 is 0 Å². The average molecular weight is 237 g/mol. The minimum Gasteiger partial charge on any atom is -0.314 e. The van der Waals surface area contributed by atoms with Crippen molar-refractivity contribution in [2.24, 2.45) is 11.8 Å². The van der Waals surface area contributed by atoms with Crippen LogP contribution >= 0.6 is 0 Å². The Balaban J connectivity index is 1.66. The van der Waals surface area contributed by atoms with E-state index in [9.17, 15) is 0 Å². The van der Waals surface area contributed by atoms with Gasteiger partial charge in [0.05, 0.1) is 0 Å². The lowest BCUT2D eigenvalue weighted by molar-refractivity contribution is 0.286. The molecule has 0 unspecified atom stereocenters. The van der Waals surface area contributed by atoms with Crippen LogP contribution < -0.4 is 5.32 Å². The summed E-state index contributed by atoms with van der Waals surface area (Å²) in [5.74, 6) is 1.94. The molecule has 2 aliphatic carbocycles. The molecule has 1 nitrogen and oxygen atoms in total. The fourth-order valence-electron chi connectivity index (χ4n) is 3.72. The molecule has 0 bridgehead atoms. The maximum atomic E-state index is 3.85. The lowest BCUT2D eigenvalue weighted by Gasteiger charge is -2.28. The SMILES string of the molecule is C[C@H](NCC1CCCCC1)C1CCCCCC1. The standard InChI is InChI=1S/C16H31N/c1-14(16-11-7-2-3-8-12-16)17-13-15-9-5-4-6-10-15/h14-17H,2-13H2,1H3/t14-/m0/s1. The van der Waals surface area contributed by atoms with Crippen LogP contribution in [-0.2, 0) is 0 Å². The molecule has 0 saturated heterocycles. The van der Waals surface area contributed by atoms with Gasteiger partial charge in [-0.2, -0.15) is 0 Å². The van der Waals surface area contributed by atoms with Gasteiger partial charge in [-0.05, 0) is 51.0 Å². The molecule has 0 aliphatic heterocycles. The highest BCUT2D eigenvalue weighted by Crippen LogP contribution is 2.27. The molecule has 0 heterocycles. The molecule has 17 heavy (non-hydrogen) atoms. The highest BCUT2D eigenvalue weighted by molar-refractivity contribution is 4.77. The number of nitrogens with one attached hydrogen (secondary N) is 1. The zero-order valence-electron chi connectivity index (χ0n) is 11.7. The van der Waals surface area contributed by atoms with Gasteiger partial charge >= 0.3 is 0 Å². The predicted molar refractivity (Wildman–Crippen MR) is 75.2 cm³/mol. The first kappa shape index (κ1) is 13.4. The maximum absolute atomic E-state index is 3.85. The lowest BCUT2D eigenvalue weighted by Crippen LogP contribution is -2.37. The van der Waals surface area contributed by atoms with E-state index in [1.54, 1.807) is 0 Å². The fraction of sp³-hybridized carbons (Fsp3) is 1.00. The van der Waals surface area contributed by atoms with Crippen LogP contribution in [0.5, 0.6) is 0 Å². The van der Waals surface area contributed by atoms with Crippen LogP contribution in [0.3, 0.4) is 0 Å². The Labute approximate surface area is 108 Å². The van der Waals surface area contributed by atoms with E-state index < -0.39 is 0 Å². The summed E-state index contributed by atoms with van der Waals surface area (Å²) in [5, 5.41) is 3.85. The van der Waals surface area contributed by atoms with Gasteiger partial charge in [0.25, 0.3) is 0 Å². The molecular weight excluding hydrogens is 206 g/mol. The van der Waals surface area contributed by atoms with Gasteiger partial charge in [-0.15, -0.1) is 0 Å². The van der Waals surface area contributed by atoms with E-state index in [2.05, 4.69) is 12.2 Å². The third-order valence-corrected chi connectivity index (χ3v) is 5.06. The summed E-state index contributed by atoms with van der Waals surface area (Å²) in [6.45, 7) is 3.72. The number of hydrogen-bond donors (Lipinski definition) is 1. The van der Waals surface area contributed by atoms with Crippen molar-refractivity contribution in [2.45, 2.75) is 83.6 Å². The van der Waals surface area contributed by atoms with Crippen LogP contribution in [-0.4, -0.2) is 12.6 Å². The molecule has 1 heteroatoms. The molecule has 0 spiro atoms. The van der Waals surface area contributed by atoms with E-state index in [0.717, 1.165) is 17.9 Å². The summed E-state index contributed by atoms with van der Waals surface area (Å²) < 4.78 is 0. The minimum absolute atomic E-state index is 0.759. The zero-order valence-corrected chi connectivity index (χ0v) is 11.7. The molecule has 0 aromatic carbocycles. The Morgan fingerprint density at radius 3 is 2.00 bits per heavy atom. The summed E-state index contributed by atoms with van der Waals surface area (Å²) >= 11 is 0. The first-order valence-electron chi connectivity index (χ1n) is 8.09. The van der Waals surface area contributed by atoms with Gasteiger partial charge in [-0.1, -0.05) is 44.9 Å². The molecule has 1 atom stereocenters. The molecule has 100 valence electrons. The van der Waals surface area contributed by atoms with Crippen molar-refractivity contribution in [3.63, 3.8) is 0 Å². The summed E-state index contributed by atoms with van der Waals surface area (Å²) in [4.78, 5) is 0. The third kappa shape index (κ3) is 4.62. The Kier molecular flexibility index (Phi) is 5.84. The normalized spacial score (nSPS) is 26.6. The van der Waals surface area contributed by atoms with Gasteiger partial charge in [-0.3, -0.25) is 0 Å². The van der Waals surface area contributed by atoms with Crippen LogP contribution in [0.15, 0.2) is 0 Å². The molecular formula is C16H31N. The van der Waals surface area contributed by atoms with E-state index in [1.165, 1.54) is 77.2 Å². The fourth-order valence-corrected chi connectivity index (χ4v) is 3.72. The van der Waals surface area contributed by atoms with E-state index in [1.807, 2.05) is 0 Å². The first-order valence-corrected chi connectivity index (χ1v) is 8.09. The van der Waals surface area contributed by atoms with Gasteiger partial charge in [0, 0.05) is 6.04 Å². The number of rotatable bonds is 4. The first-order chi connectivity index (χ1) is 8.36. The van der Waals surface area contributed by atoms with Gasteiger partial charge in [0.1, 0.15) is 0 Å². The summed E-state index contributed by atoms with van der Waals surface area (Å²) in [5.41, 5.74) is 0. The quantitative estimate of drug-likeness (QED) is 0.709. The third-order valence-electron chi connectivity index (χ3n) is 5.06. The molecule has 0 radical (unpaired) electrons. The van der Waals surface area contributed by atoms with Gasteiger partial charge in [0.2, 0.25) is 0 Å². The molecule has 0 aromatic heterocycles. The van der Waals surface area contributed by atoms with Crippen molar-refractivity contribution >= 4 is 0 Å². The van der Waals surface area contributed by atoms with Gasteiger partial charge in [-0.25, -0.2) is 0 Å². The van der Waals surface area contributed by atoms with Crippen LogP contribution in [0.1, 0.15) is 77.6 Å². The smallest absolute Gasteiger partial charge is 0.00671 e. The maximum Gasteiger partial charge on any atom is 0.00671 e. The van der Waals surface area contributed by atoms with Crippen molar-refractivity contribution in [2.75, 3.05) is 6.54 Å². The Bertz CT molecular complexity index is 188. The largest absolute Gasteiger partial charge is 0.314 e. The molecule has 2 aliphatic rings.